The molecule has 0 atom stereocenters. The number of rotatable bonds is 1. The van der Waals surface area contributed by atoms with E-state index in [2.05, 4.69) is 158 Å². The molecule has 2 aliphatic rings. The highest BCUT2D eigenvalue weighted by Crippen LogP contribution is 2.55. The van der Waals surface area contributed by atoms with Crippen molar-refractivity contribution in [3.05, 3.63) is 144 Å². The van der Waals surface area contributed by atoms with Crippen LogP contribution in [0.5, 0.6) is 0 Å². The molecule has 1 aliphatic carbocycles. The molecular formula is C42H32N2. The molecule has 10 rings (SSSR count). The van der Waals surface area contributed by atoms with Crippen LogP contribution in [0.3, 0.4) is 0 Å². The Morgan fingerprint density at radius 1 is 0.409 bits per heavy atom. The zero-order valence-electron chi connectivity index (χ0n) is 25.4. The van der Waals surface area contributed by atoms with Crippen molar-refractivity contribution in [1.82, 2.24) is 9.13 Å². The van der Waals surface area contributed by atoms with E-state index in [0.717, 1.165) is 0 Å². The minimum absolute atomic E-state index is 0.121. The van der Waals surface area contributed by atoms with Crippen LogP contribution in [0.1, 0.15) is 49.9 Å². The normalized spacial score (nSPS) is 15.6. The van der Waals surface area contributed by atoms with Crippen molar-refractivity contribution < 1.29 is 0 Å². The predicted molar refractivity (Wildman–Crippen MR) is 185 cm³/mol. The van der Waals surface area contributed by atoms with Crippen LogP contribution >= 0.6 is 0 Å². The second-order valence-electron chi connectivity index (χ2n) is 13.8. The minimum Gasteiger partial charge on any atom is -0.309 e. The van der Waals surface area contributed by atoms with E-state index in [1.54, 1.807) is 0 Å². The lowest BCUT2D eigenvalue weighted by molar-refractivity contribution is 0.625. The fraction of sp³-hybridized carbons (Fsp3) is 0.143. The van der Waals surface area contributed by atoms with Crippen molar-refractivity contribution >= 4 is 43.6 Å². The summed E-state index contributed by atoms with van der Waals surface area (Å²) in [5.41, 5.74) is 15.8. The summed E-state index contributed by atoms with van der Waals surface area (Å²) in [4.78, 5) is 0. The first-order valence-electron chi connectivity index (χ1n) is 15.7. The van der Waals surface area contributed by atoms with Crippen LogP contribution in [-0.4, -0.2) is 9.13 Å². The first-order chi connectivity index (χ1) is 21.4. The summed E-state index contributed by atoms with van der Waals surface area (Å²) >= 11 is 0. The van der Waals surface area contributed by atoms with Crippen LogP contribution < -0.4 is 0 Å². The molecule has 1 aliphatic heterocycles. The molecule has 44 heavy (non-hydrogen) atoms. The summed E-state index contributed by atoms with van der Waals surface area (Å²) < 4.78 is 4.99. The molecule has 8 aromatic rings. The van der Waals surface area contributed by atoms with Crippen LogP contribution in [0.2, 0.25) is 0 Å². The lowest BCUT2D eigenvalue weighted by Gasteiger charge is -2.36. The van der Waals surface area contributed by atoms with Gasteiger partial charge in [-0.1, -0.05) is 107 Å². The molecule has 0 bridgehead atoms. The highest BCUT2D eigenvalue weighted by Gasteiger charge is 2.41. The van der Waals surface area contributed by atoms with Gasteiger partial charge in [0.15, 0.2) is 0 Å². The fourth-order valence-corrected chi connectivity index (χ4v) is 8.70. The average Bonchev–Trinajstić information content (AvgIpc) is 3.63. The van der Waals surface area contributed by atoms with E-state index in [0.29, 0.717) is 0 Å². The zero-order valence-corrected chi connectivity index (χ0v) is 25.4. The summed E-state index contributed by atoms with van der Waals surface area (Å²) in [7, 11) is 0. The Hall–Kier alpha value is -5.08. The van der Waals surface area contributed by atoms with E-state index in [4.69, 9.17) is 0 Å². The Balaban J connectivity index is 1.24. The maximum atomic E-state index is 2.55. The molecule has 0 fully saturated rings. The standard InChI is InChI=1S/C42H32N2/c1-41(2)32-16-11-15-30-29-14-7-10-19-38(29)44(40(30)32)39-24-34-31(23-35(39)41)26-21-20-25(22-33(26)42(34,3)4)43-36-17-8-5-12-27(36)28-13-6-9-18-37(28)43/h5-24H,1-4H3. The predicted octanol–water partition coefficient (Wildman–Crippen LogP) is 10.8. The topological polar surface area (TPSA) is 9.86 Å². The van der Waals surface area contributed by atoms with E-state index in [-0.39, 0.29) is 10.8 Å². The first-order valence-corrected chi connectivity index (χ1v) is 15.7. The van der Waals surface area contributed by atoms with Crippen molar-refractivity contribution in [1.29, 1.82) is 0 Å². The monoisotopic (exact) mass is 564 g/mol. The smallest absolute Gasteiger partial charge is 0.0582 e. The molecule has 3 heterocycles. The zero-order chi connectivity index (χ0) is 29.5. The number of para-hydroxylation sites is 4. The van der Waals surface area contributed by atoms with Gasteiger partial charge in [0.25, 0.3) is 0 Å². The third-order valence-corrected chi connectivity index (χ3v) is 10.9. The van der Waals surface area contributed by atoms with Crippen molar-refractivity contribution in [3.8, 4) is 22.5 Å². The van der Waals surface area contributed by atoms with Gasteiger partial charge in [0.2, 0.25) is 0 Å². The SMILES string of the molecule is CC1(C)c2cc(-n3c4ccccc4c4ccccc43)ccc2-c2cc3c(cc21)-n1c2ccccc2c2cccc(c21)C3(C)C. The highest BCUT2D eigenvalue weighted by atomic mass is 15.0. The molecule has 6 aromatic carbocycles. The van der Waals surface area contributed by atoms with Gasteiger partial charge < -0.3 is 9.13 Å². The Labute approximate surface area is 256 Å². The van der Waals surface area contributed by atoms with Crippen LogP contribution in [0.15, 0.2) is 121 Å². The van der Waals surface area contributed by atoms with Crippen LogP contribution in [0, 0.1) is 0 Å². The Kier molecular flexibility index (Phi) is 4.37. The van der Waals surface area contributed by atoms with Gasteiger partial charge in [-0.15, -0.1) is 0 Å². The van der Waals surface area contributed by atoms with Crippen molar-refractivity contribution in [3.63, 3.8) is 0 Å². The number of nitrogens with zero attached hydrogens (tertiary/aromatic N) is 2. The number of aromatic nitrogens is 2. The quantitative estimate of drug-likeness (QED) is 0.188. The molecule has 0 spiro atoms. The van der Waals surface area contributed by atoms with Gasteiger partial charge in [-0.3, -0.25) is 0 Å². The second-order valence-corrected chi connectivity index (χ2v) is 13.8. The van der Waals surface area contributed by atoms with E-state index in [1.165, 1.54) is 88.4 Å². The van der Waals surface area contributed by atoms with Gasteiger partial charge in [-0.05, 0) is 75.8 Å². The molecular weight excluding hydrogens is 532 g/mol. The number of hydrogen-bond acceptors (Lipinski definition) is 0. The molecule has 0 saturated carbocycles. The molecule has 0 radical (unpaired) electrons. The molecule has 210 valence electrons. The summed E-state index contributed by atoms with van der Waals surface area (Å²) in [5.74, 6) is 0. The van der Waals surface area contributed by atoms with Gasteiger partial charge in [0.05, 0.1) is 27.8 Å². The maximum absolute atomic E-state index is 2.55. The fourth-order valence-electron chi connectivity index (χ4n) is 8.70. The van der Waals surface area contributed by atoms with E-state index >= 15 is 0 Å². The Morgan fingerprint density at radius 2 is 0.955 bits per heavy atom. The van der Waals surface area contributed by atoms with Crippen LogP contribution in [-0.2, 0) is 10.8 Å². The van der Waals surface area contributed by atoms with E-state index < -0.39 is 0 Å². The van der Waals surface area contributed by atoms with Gasteiger partial charge in [-0.2, -0.15) is 0 Å². The highest BCUT2D eigenvalue weighted by molar-refractivity contribution is 6.12. The number of hydrogen-bond donors (Lipinski definition) is 0. The lowest BCUT2D eigenvalue weighted by atomic mass is 9.73. The molecule has 0 unspecified atom stereocenters. The molecule has 0 saturated heterocycles. The summed E-state index contributed by atoms with van der Waals surface area (Å²) in [6, 6.07) is 45.5. The van der Waals surface area contributed by atoms with Gasteiger partial charge in [0, 0.05) is 38.1 Å². The average molecular weight is 565 g/mol. The molecule has 0 N–H and O–H groups in total. The number of benzene rings is 6. The number of fused-ring (bicyclic) bond motifs is 11. The third kappa shape index (κ3) is 2.78. The van der Waals surface area contributed by atoms with Gasteiger partial charge in [0.1, 0.15) is 0 Å². The summed E-state index contributed by atoms with van der Waals surface area (Å²) in [6.45, 7) is 9.62. The Bertz CT molecular complexity index is 2500. The molecule has 0 amide bonds. The maximum Gasteiger partial charge on any atom is 0.0582 e. The Morgan fingerprint density at radius 3 is 1.64 bits per heavy atom. The largest absolute Gasteiger partial charge is 0.309 e. The van der Waals surface area contributed by atoms with E-state index in [1.807, 2.05) is 0 Å². The summed E-state index contributed by atoms with van der Waals surface area (Å²) in [6.07, 6.45) is 0. The van der Waals surface area contributed by atoms with Crippen molar-refractivity contribution in [2.24, 2.45) is 0 Å². The van der Waals surface area contributed by atoms with Crippen LogP contribution in [0.4, 0.5) is 0 Å². The molecule has 2 nitrogen and oxygen atoms in total. The van der Waals surface area contributed by atoms with Crippen LogP contribution in [0.25, 0.3) is 66.1 Å². The second kappa shape index (κ2) is 7.89. The van der Waals surface area contributed by atoms with Crippen molar-refractivity contribution in [2.75, 3.05) is 0 Å². The lowest BCUT2D eigenvalue weighted by Crippen LogP contribution is -2.27. The minimum atomic E-state index is -0.141. The summed E-state index contributed by atoms with van der Waals surface area (Å²) in [5, 5.41) is 5.26. The molecule has 2 heteroatoms. The third-order valence-electron chi connectivity index (χ3n) is 10.9. The molecule has 2 aromatic heterocycles. The van der Waals surface area contributed by atoms with Gasteiger partial charge in [-0.25, -0.2) is 0 Å². The van der Waals surface area contributed by atoms with Gasteiger partial charge >= 0.3 is 0 Å². The van der Waals surface area contributed by atoms with Crippen molar-refractivity contribution in [2.45, 2.75) is 38.5 Å². The van der Waals surface area contributed by atoms with E-state index in [9.17, 15) is 0 Å². The first kappa shape index (κ1) is 24.4.